The zero-order chi connectivity index (χ0) is 13.0. The first kappa shape index (κ1) is 13.6. The van der Waals surface area contributed by atoms with Crippen LogP contribution in [0.5, 0.6) is 0 Å². The summed E-state index contributed by atoms with van der Waals surface area (Å²) in [6.07, 6.45) is 4.26. The van der Waals surface area contributed by atoms with Crippen LogP contribution in [0.15, 0.2) is 22.8 Å². The number of nitrogens with one attached hydrogen (secondary N) is 1. The highest BCUT2D eigenvalue weighted by molar-refractivity contribution is 4.98. The Hall–Kier alpha value is -0.840. The Kier molecular flexibility index (Phi) is 4.43. The minimum absolute atomic E-state index is 0.0812. The normalized spacial score (nSPS) is 29.6. The SMILES string of the molecule is CC(CCc1ccco1)NCC1(O)CCOC1C. The molecule has 3 atom stereocenters. The third kappa shape index (κ3) is 3.34. The summed E-state index contributed by atoms with van der Waals surface area (Å²) in [4.78, 5) is 0. The lowest BCUT2D eigenvalue weighted by atomic mass is 9.96. The van der Waals surface area contributed by atoms with Crippen LogP contribution in [0.2, 0.25) is 0 Å². The van der Waals surface area contributed by atoms with Gasteiger partial charge in [0.15, 0.2) is 0 Å². The minimum Gasteiger partial charge on any atom is -0.469 e. The van der Waals surface area contributed by atoms with Gasteiger partial charge < -0.3 is 19.6 Å². The van der Waals surface area contributed by atoms with Gasteiger partial charge in [-0.25, -0.2) is 0 Å². The van der Waals surface area contributed by atoms with Gasteiger partial charge in [-0.3, -0.25) is 0 Å². The Morgan fingerprint density at radius 1 is 1.61 bits per heavy atom. The molecule has 0 aliphatic carbocycles. The lowest BCUT2D eigenvalue weighted by molar-refractivity contribution is -0.0275. The maximum atomic E-state index is 10.4. The molecule has 18 heavy (non-hydrogen) atoms. The van der Waals surface area contributed by atoms with Crippen LogP contribution in [0.1, 0.15) is 32.4 Å². The molecule has 1 aromatic rings. The fourth-order valence-corrected chi connectivity index (χ4v) is 2.27. The van der Waals surface area contributed by atoms with Crippen LogP contribution in [0.3, 0.4) is 0 Å². The van der Waals surface area contributed by atoms with Crippen molar-refractivity contribution in [2.24, 2.45) is 0 Å². The van der Waals surface area contributed by atoms with Gasteiger partial charge in [-0.05, 0) is 32.4 Å². The van der Waals surface area contributed by atoms with Crippen LogP contribution >= 0.6 is 0 Å². The van der Waals surface area contributed by atoms with E-state index in [9.17, 15) is 5.11 Å². The van der Waals surface area contributed by atoms with Crippen LogP contribution in [0, 0.1) is 0 Å². The zero-order valence-corrected chi connectivity index (χ0v) is 11.2. The molecule has 2 rings (SSSR count). The Labute approximate surface area is 108 Å². The lowest BCUT2D eigenvalue weighted by Gasteiger charge is -2.28. The summed E-state index contributed by atoms with van der Waals surface area (Å²) in [5.74, 6) is 1.01. The molecule has 0 saturated carbocycles. The topological polar surface area (TPSA) is 54.6 Å². The number of aliphatic hydroxyl groups is 1. The van der Waals surface area contributed by atoms with E-state index in [1.807, 2.05) is 19.1 Å². The van der Waals surface area contributed by atoms with E-state index in [2.05, 4.69) is 12.2 Å². The fourth-order valence-electron chi connectivity index (χ4n) is 2.27. The molecule has 2 heterocycles. The Balaban J connectivity index is 1.70. The first-order valence-electron chi connectivity index (χ1n) is 6.70. The maximum Gasteiger partial charge on any atom is 0.105 e. The van der Waals surface area contributed by atoms with E-state index in [-0.39, 0.29) is 6.10 Å². The highest BCUT2D eigenvalue weighted by Gasteiger charge is 2.39. The Morgan fingerprint density at radius 2 is 2.44 bits per heavy atom. The van der Waals surface area contributed by atoms with Gasteiger partial charge in [0.2, 0.25) is 0 Å². The summed E-state index contributed by atoms with van der Waals surface area (Å²) in [6, 6.07) is 4.26. The van der Waals surface area contributed by atoms with Crippen molar-refractivity contribution in [3.8, 4) is 0 Å². The molecule has 4 nitrogen and oxygen atoms in total. The second-order valence-electron chi connectivity index (χ2n) is 5.27. The monoisotopic (exact) mass is 253 g/mol. The van der Waals surface area contributed by atoms with Crippen LogP contribution in [-0.2, 0) is 11.2 Å². The number of aryl methyl sites for hydroxylation is 1. The Morgan fingerprint density at radius 3 is 3.06 bits per heavy atom. The van der Waals surface area contributed by atoms with Crippen molar-refractivity contribution in [2.45, 2.75) is 50.9 Å². The number of hydrogen-bond donors (Lipinski definition) is 2. The van der Waals surface area contributed by atoms with E-state index in [0.29, 0.717) is 25.6 Å². The van der Waals surface area contributed by atoms with Gasteiger partial charge in [-0.15, -0.1) is 0 Å². The van der Waals surface area contributed by atoms with E-state index in [4.69, 9.17) is 9.15 Å². The molecule has 0 spiro atoms. The van der Waals surface area contributed by atoms with E-state index in [1.165, 1.54) is 0 Å². The van der Waals surface area contributed by atoms with Crippen molar-refractivity contribution in [1.82, 2.24) is 5.32 Å². The summed E-state index contributed by atoms with van der Waals surface area (Å²) >= 11 is 0. The first-order chi connectivity index (χ1) is 8.60. The highest BCUT2D eigenvalue weighted by atomic mass is 16.5. The van der Waals surface area contributed by atoms with Crippen molar-refractivity contribution in [3.05, 3.63) is 24.2 Å². The van der Waals surface area contributed by atoms with Gasteiger partial charge in [0.1, 0.15) is 11.4 Å². The standard InChI is InChI=1S/C14H23NO3/c1-11(5-6-13-4-3-8-18-13)15-10-14(16)7-9-17-12(14)2/h3-4,8,11-12,15-16H,5-7,9-10H2,1-2H3. The summed E-state index contributed by atoms with van der Waals surface area (Å²) in [5.41, 5.74) is -0.709. The molecule has 1 aromatic heterocycles. The summed E-state index contributed by atoms with van der Waals surface area (Å²) < 4.78 is 10.7. The van der Waals surface area contributed by atoms with Gasteiger partial charge in [0.25, 0.3) is 0 Å². The quantitative estimate of drug-likeness (QED) is 0.810. The molecule has 1 fully saturated rings. The number of rotatable bonds is 6. The molecule has 102 valence electrons. The Bertz CT molecular complexity index is 352. The van der Waals surface area contributed by atoms with Gasteiger partial charge in [0.05, 0.1) is 12.4 Å². The lowest BCUT2D eigenvalue weighted by Crippen LogP contribution is -2.48. The molecule has 1 aliphatic rings. The zero-order valence-electron chi connectivity index (χ0n) is 11.2. The van der Waals surface area contributed by atoms with Gasteiger partial charge in [0, 0.05) is 32.0 Å². The van der Waals surface area contributed by atoms with Gasteiger partial charge >= 0.3 is 0 Å². The van der Waals surface area contributed by atoms with Crippen LogP contribution < -0.4 is 5.32 Å². The smallest absolute Gasteiger partial charge is 0.105 e. The summed E-state index contributed by atoms with van der Waals surface area (Å²) in [7, 11) is 0. The molecule has 0 aromatic carbocycles. The minimum atomic E-state index is -0.709. The number of ether oxygens (including phenoxy) is 1. The molecule has 3 unspecified atom stereocenters. The molecular weight excluding hydrogens is 230 g/mol. The van der Waals surface area contributed by atoms with Crippen LogP contribution in [0.25, 0.3) is 0 Å². The van der Waals surface area contributed by atoms with Crippen molar-refractivity contribution in [2.75, 3.05) is 13.2 Å². The van der Waals surface area contributed by atoms with Crippen LogP contribution in [-0.4, -0.2) is 36.0 Å². The third-order valence-electron chi connectivity index (χ3n) is 3.82. The average molecular weight is 253 g/mol. The number of hydrogen-bond acceptors (Lipinski definition) is 4. The largest absolute Gasteiger partial charge is 0.469 e. The summed E-state index contributed by atoms with van der Waals surface area (Å²) in [5, 5.41) is 13.7. The highest BCUT2D eigenvalue weighted by Crippen LogP contribution is 2.24. The summed E-state index contributed by atoms with van der Waals surface area (Å²) in [6.45, 7) is 5.31. The van der Waals surface area contributed by atoms with Crippen molar-refractivity contribution >= 4 is 0 Å². The fraction of sp³-hybridized carbons (Fsp3) is 0.714. The first-order valence-corrected chi connectivity index (χ1v) is 6.70. The molecule has 0 amide bonds. The molecule has 2 N–H and O–H groups in total. The molecular formula is C14H23NO3. The second kappa shape index (κ2) is 5.87. The third-order valence-corrected chi connectivity index (χ3v) is 3.82. The van der Waals surface area contributed by atoms with Crippen molar-refractivity contribution in [3.63, 3.8) is 0 Å². The van der Waals surface area contributed by atoms with Crippen LogP contribution in [0.4, 0.5) is 0 Å². The van der Waals surface area contributed by atoms with E-state index >= 15 is 0 Å². The van der Waals surface area contributed by atoms with E-state index in [1.54, 1.807) is 6.26 Å². The maximum absolute atomic E-state index is 10.4. The molecule has 0 bridgehead atoms. The molecule has 1 saturated heterocycles. The van der Waals surface area contributed by atoms with E-state index < -0.39 is 5.60 Å². The molecule has 0 radical (unpaired) electrons. The second-order valence-corrected chi connectivity index (χ2v) is 5.27. The van der Waals surface area contributed by atoms with Crippen molar-refractivity contribution in [1.29, 1.82) is 0 Å². The number of furan rings is 1. The van der Waals surface area contributed by atoms with E-state index in [0.717, 1.165) is 18.6 Å². The van der Waals surface area contributed by atoms with Crippen molar-refractivity contribution < 1.29 is 14.3 Å². The van der Waals surface area contributed by atoms with Gasteiger partial charge in [-0.2, -0.15) is 0 Å². The predicted molar refractivity (Wildman–Crippen MR) is 69.5 cm³/mol. The molecule has 1 aliphatic heterocycles. The predicted octanol–water partition coefficient (Wildman–Crippen LogP) is 1.73. The molecule has 4 heteroatoms. The van der Waals surface area contributed by atoms with Gasteiger partial charge in [-0.1, -0.05) is 0 Å². The average Bonchev–Trinajstić information content (AvgIpc) is 2.96.